The highest BCUT2D eigenvalue weighted by Gasteiger charge is 2.14. The molecule has 0 spiro atoms. The van der Waals surface area contributed by atoms with Gasteiger partial charge in [-0.25, -0.2) is 9.89 Å². The van der Waals surface area contributed by atoms with Crippen LogP contribution in [0.3, 0.4) is 0 Å². The van der Waals surface area contributed by atoms with Crippen LogP contribution in [0.4, 0.5) is 0 Å². The van der Waals surface area contributed by atoms with Crippen LogP contribution < -0.4 is 11.0 Å². The first kappa shape index (κ1) is 16.4. The van der Waals surface area contributed by atoms with Crippen LogP contribution in [0.2, 0.25) is 0 Å². The number of amides is 1. The fourth-order valence-corrected chi connectivity index (χ4v) is 2.92. The van der Waals surface area contributed by atoms with Crippen LogP contribution in [-0.4, -0.2) is 27.2 Å². The number of ether oxygens (including phenoxy) is 1. The second-order valence-electron chi connectivity index (χ2n) is 6.10. The van der Waals surface area contributed by atoms with Crippen molar-refractivity contribution in [2.45, 2.75) is 51.4 Å². The summed E-state index contributed by atoms with van der Waals surface area (Å²) >= 11 is 0. The fraction of sp³-hybridized carbons (Fsp3) is 0.471. The van der Waals surface area contributed by atoms with Gasteiger partial charge in [-0.1, -0.05) is 43.5 Å². The maximum atomic E-state index is 11.9. The Labute approximate surface area is 139 Å². The number of hydrogen-bond donors (Lipinski definition) is 3. The average Bonchev–Trinajstić information content (AvgIpc) is 3.06. The Balaban J connectivity index is 1.51. The van der Waals surface area contributed by atoms with Gasteiger partial charge in [0.25, 0.3) is 5.91 Å². The van der Waals surface area contributed by atoms with Crippen molar-refractivity contribution in [3.8, 4) is 0 Å². The van der Waals surface area contributed by atoms with Crippen LogP contribution in [-0.2, 0) is 17.9 Å². The molecule has 0 atom stereocenters. The molecule has 3 N–H and O–H groups in total. The topological polar surface area (TPSA) is 99.9 Å². The van der Waals surface area contributed by atoms with Gasteiger partial charge in [0.2, 0.25) is 5.82 Å². The Hall–Kier alpha value is -2.41. The lowest BCUT2D eigenvalue weighted by Crippen LogP contribution is -2.24. The quantitative estimate of drug-likeness (QED) is 0.753. The van der Waals surface area contributed by atoms with Crippen LogP contribution in [0.25, 0.3) is 0 Å². The van der Waals surface area contributed by atoms with Gasteiger partial charge < -0.3 is 10.1 Å². The van der Waals surface area contributed by atoms with E-state index in [1.165, 1.54) is 19.3 Å². The number of hydrogen-bond acceptors (Lipinski definition) is 4. The van der Waals surface area contributed by atoms with Gasteiger partial charge in [-0.2, -0.15) is 0 Å². The Morgan fingerprint density at radius 3 is 2.79 bits per heavy atom. The Morgan fingerprint density at radius 1 is 1.25 bits per heavy atom. The largest absolute Gasteiger partial charge is 0.374 e. The molecular weight excluding hydrogens is 308 g/mol. The SMILES string of the molecule is O=C(NCc1cccc(COC2CCCCC2)c1)c1n[nH]c(=O)[nH]1. The maximum absolute atomic E-state index is 11.9. The van der Waals surface area contributed by atoms with Crippen molar-refractivity contribution in [2.24, 2.45) is 0 Å². The molecular formula is C17H22N4O3. The van der Waals surface area contributed by atoms with Gasteiger partial charge in [0.05, 0.1) is 12.7 Å². The zero-order valence-corrected chi connectivity index (χ0v) is 13.5. The minimum Gasteiger partial charge on any atom is -0.374 e. The molecule has 0 unspecified atom stereocenters. The zero-order chi connectivity index (χ0) is 16.8. The Morgan fingerprint density at radius 2 is 2.04 bits per heavy atom. The van der Waals surface area contributed by atoms with Crippen LogP contribution in [0.15, 0.2) is 29.1 Å². The molecule has 1 heterocycles. The summed E-state index contributed by atoms with van der Waals surface area (Å²) in [5.41, 5.74) is 1.58. The van der Waals surface area contributed by atoms with E-state index in [1.807, 2.05) is 24.3 Å². The molecule has 1 fully saturated rings. The first-order valence-corrected chi connectivity index (χ1v) is 8.33. The molecule has 7 heteroatoms. The summed E-state index contributed by atoms with van der Waals surface area (Å²) in [4.78, 5) is 25.1. The lowest BCUT2D eigenvalue weighted by atomic mass is 9.98. The van der Waals surface area contributed by atoms with E-state index in [-0.39, 0.29) is 5.82 Å². The van der Waals surface area contributed by atoms with Gasteiger partial charge >= 0.3 is 5.69 Å². The summed E-state index contributed by atoms with van der Waals surface area (Å²) in [5.74, 6) is -0.436. The Kier molecular flexibility index (Phi) is 5.43. The first-order chi connectivity index (χ1) is 11.7. The molecule has 1 aliphatic rings. The molecule has 1 aliphatic carbocycles. The van der Waals surface area contributed by atoms with E-state index in [0.29, 0.717) is 19.3 Å². The van der Waals surface area contributed by atoms with E-state index >= 15 is 0 Å². The van der Waals surface area contributed by atoms with Crippen molar-refractivity contribution in [1.29, 1.82) is 0 Å². The molecule has 0 radical (unpaired) electrons. The van der Waals surface area contributed by atoms with Crippen molar-refractivity contribution >= 4 is 5.91 Å². The smallest absolute Gasteiger partial charge is 0.341 e. The Bertz CT molecular complexity index is 731. The number of carbonyl (C=O) groups is 1. The lowest BCUT2D eigenvalue weighted by Gasteiger charge is -2.22. The van der Waals surface area contributed by atoms with E-state index in [0.717, 1.165) is 24.0 Å². The summed E-state index contributed by atoms with van der Waals surface area (Å²) < 4.78 is 5.98. The van der Waals surface area contributed by atoms with E-state index in [9.17, 15) is 9.59 Å². The second-order valence-corrected chi connectivity index (χ2v) is 6.10. The standard InChI is InChI=1S/C17H22N4O3/c22-16(15-19-17(23)21-20-15)18-10-12-5-4-6-13(9-12)11-24-14-7-2-1-3-8-14/h4-6,9,14H,1-3,7-8,10-11H2,(H,18,22)(H2,19,20,21,23). The molecule has 1 amide bonds. The van der Waals surface area contributed by atoms with Crippen molar-refractivity contribution in [1.82, 2.24) is 20.5 Å². The molecule has 0 bridgehead atoms. The van der Waals surface area contributed by atoms with Gasteiger partial charge in [0.15, 0.2) is 0 Å². The molecule has 0 aliphatic heterocycles. The van der Waals surface area contributed by atoms with Gasteiger partial charge in [-0.15, -0.1) is 5.10 Å². The van der Waals surface area contributed by atoms with Crippen molar-refractivity contribution in [3.63, 3.8) is 0 Å². The molecule has 1 aromatic carbocycles. The number of H-pyrrole nitrogens is 2. The number of carbonyl (C=O) groups excluding carboxylic acids is 1. The maximum Gasteiger partial charge on any atom is 0.341 e. The predicted molar refractivity (Wildman–Crippen MR) is 88.5 cm³/mol. The average molecular weight is 330 g/mol. The van der Waals surface area contributed by atoms with Crippen molar-refractivity contribution < 1.29 is 9.53 Å². The molecule has 3 rings (SSSR count). The van der Waals surface area contributed by atoms with Crippen molar-refractivity contribution in [2.75, 3.05) is 0 Å². The third-order valence-electron chi connectivity index (χ3n) is 4.20. The predicted octanol–water partition coefficient (Wildman–Crippen LogP) is 1.88. The number of rotatable bonds is 6. The van der Waals surface area contributed by atoms with E-state index in [2.05, 4.69) is 20.5 Å². The highest BCUT2D eigenvalue weighted by atomic mass is 16.5. The molecule has 7 nitrogen and oxygen atoms in total. The van der Waals surface area contributed by atoms with Gasteiger partial charge in [0, 0.05) is 6.54 Å². The molecule has 24 heavy (non-hydrogen) atoms. The third-order valence-corrected chi connectivity index (χ3v) is 4.20. The summed E-state index contributed by atoms with van der Waals surface area (Å²) in [6, 6.07) is 7.95. The minimum atomic E-state index is -0.498. The third kappa shape index (κ3) is 4.55. The van der Waals surface area contributed by atoms with E-state index < -0.39 is 11.6 Å². The van der Waals surface area contributed by atoms with Gasteiger partial charge in [0.1, 0.15) is 0 Å². The van der Waals surface area contributed by atoms with Crippen LogP contribution in [0.5, 0.6) is 0 Å². The summed E-state index contributed by atoms with van der Waals surface area (Å²) in [6.45, 7) is 0.962. The van der Waals surface area contributed by atoms with Crippen LogP contribution in [0, 0.1) is 0 Å². The van der Waals surface area contributed by atoms with Gasteiger partial charge in [-0.3, -0.25) is 9.78 Å². The van der Waals surface area contributed by atoms with Crippen LogP contribution in [0.1, 0.15) is 53.8 Å². The summed E-state index contributed by atoms with van der Waals surface area (Å²) in [5, 5.41) is 8.50. The number of benzene rings is 1. The van der Waals surface area contributed by atoms with Crippen molar-refractivity contribution in [3.05, 3.63) is 51.7 Å². The summed E-state index contributed by atoms with van der Waals surface area (Å²) in [6.07, 6.45) is 6.50. The molecule has 0 saturated heterocycles. The summed E-state index contributed by atoms with van der Waals surface area (Å²) in [7, 11) is 0. The normalized spacial score (nSPS) is 15.3. The highest BCUT2D eigenvalue weighted by Crippen LogP contribution is 2.21. The van der Waals surface area contributed by atoms with E-state index in [1.54, 1.807) is 0 Å². The number of nitrogens with one attached hydrogen (secondary N) is 3. The van der Waals surface area contributed by atoms with E-state index in [4.69, 9.17) is 4.74 Å². The molecule has 128 valence electrons. The molecule has 2 aromatic rings. The second kappa shape index (κ2) is 7.92. The number of aromatic nitrogens is 3. The zero-order valence-electron chi connectivity index (χ0n) is 13.5. The molecule has 1 aromatic heterocycles. The monoisotopic (exact) mass is 330 g/mol. The van der Waals surface area contributed by atoms with Gasteiger partial charge in [-0.05, 0) is 24.0 Å². The lowest BCUT2D eigenvalue weighted by molar-refractivity contribution is 0.0168. The minimum absolute atomic E-state index is 0.0169. The number of nitrogens with zero attached hydrogens (tertiary/aromatic N) is 1. The molecule has 1 saturated carbocycles. The first-order valence-electron chi connectivity index (χ1n) is 8.33. The van der Waals surface area contributed by atoms with Crippen LogP contribution >= 0.6 is 0 Å². The number of aromatic amines is 2. The fourth-order valence-electron chi connectivity index (χ4n) is 2.92. The highest BCUT2D eigenvalue weighted by molar-refractivity contribution is 5.90.